The number of hydrogen-bond donors (Lipinski definition) is 1. The van der Waals surface area contributed by atoms with Crippen LogP contribution < -0.4 is 5.32 Å². The Morgan fingerprint density at radius 1 is 1.31 bits per heavy atom. The van der Waals surface area contributed by atoms with Crippen molar-refractivity contribution in [2.24, 2.45) is 0 Å². The van der Waals surface area contributed by atoms with Gasteiger partial charge in [-0.05, 0) is 32.4 Å². The molecular weight excluding hydrogens is 202 g/mol. The number of rotatable bonds is 5. The maximum atomic E-state index is 11.6. The average molecular weight is 227 g/mol. The van der Waals surface area contributed by atoms with Gasteiger partial charge in [-0.3, -0.25) is 0 Å². The number of carbonyl (C=O) groups is 1. The first-order valence-electron chi connectivity index (χ1n) is 6.45. The summed E-state index contributed by atoms with van der Waals surface area (Å²) < 4.78 is 0. The van der Waals surface area contributed by atoms with Crippen molar-refractivity contribution in [2.45, 2.75) is 32.6 Å². The van der Waals surface area contributed by atoms with Crippen molar-refractivity contribution in [2.75, 3.05) is 39.8 Å². The molecule has 1 fully saturated rings. The van der Waals surface area contributed by atoms with Gasteiger partial charge >= 0.3 is 6.03 Å². The van der Waals surface area contributed by atoms with Crippen LogP contribution in [0.25, 0.3) is 0 Å². The monoisotopic (exact) mass is 227 g/mol. The standard InChI is InChI=1S/C12H25N3O/c1-3-7-13-12(16)14(2)10-11-15-8-5-4-6-9-15/h3-11H2,1-2H3,(H,13,16). The zero-order valence-corrected chi connectivity index (χ0v) is 10.7. The molecule has 0 aromatic heterocycles. The molecule has 4 nitrogen and oxygen atoms in total. The molecule has 0 aliphatic carbocycles. The van der Waals surface area contributed by atoms with E-state index in [1.165, 1.54) is 32.4 Å². The molecule has 0 aromatic carbocycles. The van der Waals surface area contributed by atoms with Crippen LogP contribution in [-0.4, -0.2) is 55.6 Å². The van der Waals surface area contributed by atoms with Crippen LogP contribution in [-0.2, 0) is 0 Å². The van der Waals surface area contributed by atoms with E-state index < -0.39 is 0 Å². The summed E-state index contributed by atoms with van der Waals surface area (Å²) in [5.41, 5.74) is 0. The number of hydrogen-bond acceptors (Lipinski definition) is 2. The molecule has 0 spiro atoms. The normalized spacial score (nSPS) is 17.1. The summed E-state index contributed by atoms with van der Waals surface area (Å²) in [6.45, 7) is 7.07. The lowest BCUT2D eigenvalue weighted by atomic mass is 10.1. The lowest BCUT2D eigenvalue weighted by Gasteiger charge is -2.28. The Bertz CT molecular complexity index is 202. The molecule has 0 unspecified atom stereocenters. The first-order valence-corrected chi connectivity index (χ1v) is 6.45. The van der Waals surface area contributed by atoms with E-state index in [4.69, 9.17) is 0 Å². The number of likely N-dealkylation sites (N-methyl/N-ethyl adjacent to an activating group) is 1. The summed E-state index contributed by atoms with van der Waals surface area (Å²) in [6.07, 6.45) is 4.98. The van der Waals surface area contributed by atoms with Gasteiger partial charge in [0.15, 0.2) is 0 Å². The smallest absolute Gasteiger partial charge is 0.317 e. The number of nitrogens with one attached hydrogen (secondary N) is 1. The molecule has 0 radical (unpaired) electrons. The van der Waals surface area contributed by atoms with Gasteiger partial charge < -0.3 is 15.1 Å². The molecule has 1 aliphatic rings. The molecule has 1 heterocycles. The summed E-state index contributed by atoms with van der Waals surface area (Å²) in [6, 6.07) is 0.0545. The second-order valence-corrected chi connectivity index (χ2v) is 4.56. The van der Waals surface area contributed by atoms with Crippen molar-refractivity contribution < 1.29 is 4.79 Å². The molecule has 1 saturated heterocycles. The van der Waals surface area contributed by atoms with E-state index in [9.17, 15) is 4.79 Å². The Morgan fingerprint density at radius 3 is 2.62 bits per heavy atom. The Morgan fingerprint density at radius 2 is 2.00 bits per heavy atom. The van der Waals surface area contributed by atoms with Crippen LogP contribution in [0.2, 0.25) is 0 Å². The lowest BCUT2D eigenvalue weighted by molar-refractivity contribution is 0.183. The zero-order valence-electron chi connectivity index (χ0n) is 10.7. The van der Waals surface area contributed by atoms with Gasteiger partial charge in [0, 0.05) is 26.7 Å². The van der Waals surface area contributed by atoms with Gasteiger partial charge in [-0.1, -0.05) is 13.3 Å². The van der Waals surface area contributed by atoms with Crippen molar-refractivity contribution in [3.8, 4) is 0 Å². The summed E-state index contributed by atoms with van der Waals surface area (Å²) in [4.78, 5) is 15.8. The number of likely N-dealkylation sites (tertiary alicyclic amines) is 1. The Balaban J connectivity index is 2.12. The van der Waals surface area contributed by atoms with Crippen LogP contribution in [0.1, 0.15) is 32.6 Å². The van der Waals surface area contributed by atoms with E-state index in [0.29, 0.717) is 0 Å². The third-order valence-corrected chi connectivity index (χ3v) is 3.07. The Hall–Kier alpha value is -0.770. The molecule has 4 heteroatoms. The summed E-state index contributed by atoms with van der Waals surface area (Å²) in [5, 5.41) is 2.89. The third-order valence-electron chi connectivity index (χ3n) is 3.07. The second-order valence-electron chi connectivity index (χ2n) is 4.56. The quantitative estimate of drug-likeness (QED) is 0.773. The number of amides is 2. The summed E-state index contributed by atoms with van der Waals surface area (Å²) in [5.74, 6) is 0. The SMILES string of the molecule is CCCNC(=O)N(C)CCN1CCCCC1. The van der Waals surface area contributed by atoms with Crippen LogP contribution in [0.3, 0.4) is 0 Å². The van der Waals surface area contributed by atoms with Gasteiger partial charge in [0.1, 0.15) is 0 Å². The Labute approximate surface area is 99.0 Å². The number of carbonyl (C=O) groups excluding carboxylic acids is 1. The van der Waals surface area contributed by atoms with Gasteiger partial charge in [-0.25, -0.2) is 4.79 Å². The van der Waals surface area contributed by atoms with Gasteiger partial charge in [0.05, 0.1) is 0 Å². The van der Waals surface area contributed by atoms with Gasteiger partial charge in [0.2, 0.25) is 0 Å². The fourth-order valence-electron chi connectivity index (χ4n) is 1.94. The fourth-order valence-corrected chi connectivity index (χ4v) is 1.94. The minimum atomic E-state index is 0.0545. The third kappa shape index (κ3) is 4.84. The summed E-state index contributed by atoms with van der Waals surface area (Å²) in [7, 11) is 1.87. The topological polar surface area (TPSA) is 35.6 Å². The van der Waals surface area contributed by atoms with Gasteiger partial charge in [0.25, 0.3) is 0 Å². The fraction of sp³-hybridized carbons (Fsp3) is 0.917. The van der Waals surface area contributed by atoms with Gasteiger partial charge in [-0.2, -0.15) is 0 Å². The second kappa shape index (κ2) is 7.49. The highest BCUT2D eigenvalue weighted by Gasteiger charge is 2.12. The van der Waals surface area contributed by atoms with Crippen LogP contribution in [0.5, 0.6) is 0 Å². The molecule has 94 valence electrons. The van der Waals surface area contributed by atoms with Crippen molar-refractivity contribution in [1.29, 1.82) is 0 Å². The van der Waals surface area contributed by atoms with Crippen LogP contribution in [0, 0.1) is 0 Å². The summed E-state index contributed by atoms with van der Waals surface area (Å²) >= 11 is 0. The predicted octanol–water partition coefficient (Wildman–Crippen LogP) is 1.52. The molecule has 0 bridgehead atoms. The number of urea groups is 1. The molecule has 16 heavy (non-hydrogen) atoms. The van der Waals surface area contributed by atoms with Gasteiger partial charge in [-0.15, -0.1) is 0 Å². The number of piperidine rings is 1. The predicted molar refractivity (Wildman–Crippen MR) is 66.6 cm³/mol. The van der Waals surface area contributed by atoms with Crippen molar-refractivity contribution in [3.05, 3.63) is 0 Å². The molecule has 0 saturated carbocycles. The molecule has 1 aliphatic heterocycles. The highest BCUT2D eigenvalue weighted by Crippen LogP contribution is 2.07. The van der Waals surface area contributed by atoms with Crippen molar-refractivity contribution >= 4 is 6.03 Å². The highest BCUT2D eigenvalue weighted by molar-refractivity contribution is 5.73. The first-order chi connectivity index (χ1) is 7.74. The largest absolute Gasteiger partial charge is 0.338 e. The van der Waals surface area contributed by atoms with E-state index in [1.807, 2.05) is 7.05 Å². The molecular formula is C12H25N3O. The highest BCUT2D eigenvalue weighted by atomic mass is 16.2. The van der Waals surface area contributed by atoms with E-state index in [2.05, 4.69) is 17.1 Å². The van der Waals surface area contributed by atoms with Crippen LogP contribution >= 0.6 is 0 Å². The van der Waals surface area contributed by atoms with E-state index >= 15 is 0 Å². The molecule has 1 N–H and O–H groups in total. The maximum absolute atomic E-state index is 11.6. The zero-order chi connectivity index (χ0) is 11.8. The molecule has 2 amide bonds. The lowest BCUT2D eigenvalue weighted by Crippen LogP contribution is -2.42. The first kappa shape index (κ1) is 13.3. The minimum absolute atomic E-state index is 0.0545. The molecule has 1 rings (SSSR count). The molecule has 0 aromatic rings. The molecule has 0 atom stereocenters. The van der Waals surface area contributed by atoms with Crippen molar-refractivity contribution in [1.82, 2.24) is 15.1 Å². The van der Waals surface area contributed by atoms with Crippen molar-refractivity contribution in [3.63, 3.8) is 0 Å². The average Bonchev–Trinajstić information content (AvgIpc) is 2.34. The number of nitrogens with zero attached hydrogens (tertiary/aromatic N) is 2. The maximum Gasteiger partial charge on any atom is 0.317 e. The van der Waals surface area contributed by atoms with E-state index in [-0.39, 0.29) is 6.03 Å². The Kier molecular flexibility index (Phi) is 6.23. The van der Waals surface area contributed by atoms with Crippen LogP contribution in [0.4, 0.5) is 4.79 Å². The van der Waals surface area contributed by atoms with E-state index in [1.54, 1.807) is 4.90 Å². The van der Waals surface area contributed by atoms with E-state index in [0.717, 1.165) is 26.1 Å². The minimum Gasteiger partial charge on any atom is -0.338 e. The van der Waals surface area contributed by atoms with Crippen LogP contribution in [0.15, 0.2) is 0 Å².